The number of pyridine rings is 1. The van der Waals surface area contributed by atoms with Crippen LogP contribution in [-0.2, 0) is 28.5 Å². The van der Waals surface area contributed by atoms with Crippen molar-refractivity contribution in [3.8, 4) is 23.2 Å². The average molecular weight is 825 g/mol. The standard InChI is InChI=1S/C47H60N4O9/c1-27-21-28(2)43(53)58-32(6)47(8)41-31(5)39(48-17-18-51(41)45(54)60-47)29(3)25-46(7,42(27)59-44-40(52)37(50(9)10)22-30(4)57-44)56-20-11-13-33-15-16-36-34(23-33)24-35(26-49-36)38-14-12-19-55-38/h12,14-16,19,21,23-24,26-27,29-32,37,40-42,44,52H,17-18,20,22,25H2,1-10H3/b28-21+/t27-,29+,30-,31-,32+,37+,40?,41+,42+,44+,46-,47+/m0/s1. The number of esters is 1. The summed E-state index contributed by atoms with van der Waals surface area (Å²) in [4.78, 5) is 40.7. The first-order chi connectivity index (χ1) is 28.5. The van der Waals surface area contributed by atoms with Gasteiger partial charge in [0, 0.05) is 58.4 Å². The molecule has 3 aromatic rings. The Bertz CT molecular complexity index is 2180. The molecule has 2 bridgehead atoms. The Balaban J connectivity index is 1.26. The number of fused-ring (bicyclic) bond motifs is 2. The largest absolute Gasteiger partial charge is 0.464 e. The van der Waals surface area contributed by atoms with E-state index in [-0.39, 0.29) is 30.6 Å². The summed E-state index contributed by atoms with van der Waals surface area (Å²) >= 11 is 0. The highest BCUT2D eigenvalue weighted by molar-refractivity contribution is 5.91. The number of hydrogen-bond donors (Lipinski definition) is 1. The molecule has 6 heterocycles. The zero-order valence-electron chi connectivity index (χ0n) is 36.5. The van der Waals surface area contributed by atoms with E-state index in [0.717, 1.165) is 33.5 Å². The fourth-order valence-electron chi connectivity index (χ4n) is 9.89. The molecule has 13 nitrogen and oxygen atoms in total. The molecule has 0 radical (unpaired) electrons. The Morgan fingerprint density at radius 3 is 2.60 bits per heavy atom. The Kier molecular flexibility index (Phi) is 12.6. The second-order valence-electron chi connectivity index (χ2n) is 17.8. The van der Waals surface area contributed by atoms with Gasteiger partial charge in [0.2, 0.25) is 0 Å². The molecule has 1 unspecified atom stereocenters. The number of nitrogens with zero attached hydrogens (tertiary/aromatic N) is 4. The van der Waals surface area contributed by atoms with Crippen molar-refractivity contribution in [2.24, 2.45) is 22.7 Å². The topological polar surface area (TPSA) is 145 Å². The van der Waals surface area contributed by atoms with Crippen molar-refractivity contribution in [1.29, 1.82) is 0 Å². The van der Waals surface area contributed by atoms with E-state index < -0.39 is 59.8 Å². The van der Waals surface area contributed by atoms with Crippen LogP contribution in [0.5, 0.6) is 0 Å². The highest BCUT2D eigenvalue weighted by Gasteiger charge is 2.59. The van der Waals surface area contributed by atoms with Gasteiger partial charge in [0.05, 0.1) is 42.2 Å². The number of aliphatic hydroxyl groups excluding tert-OH is 1. The van der Waals surface area contributed by atoms with Crippen molar-refractivity contribution in [2.75, 3.05) is 33.8 Å². The van der Waals surface area contributed by atoms with Gasteiger partial charge < -0.3 is 38.1 Å². The lowest BCUT2D eigenvalue weighted by atomic mass is 9.74. The molecule has 2 aromatic heterocycles. The normalized spacial score (nSPS) is 36.0. The number of furan rings is 1. The van der Waals surface area contributed by atoms with Crippen LogP contribution in [0, 0.1) is 29.6 Å². The smallest absolute Gasteiger partial charge is 0.410 e. The fourth-order valence-corrected chi connectivity index (χ4v) is 9.89. The van der Waals surface area contributed by atoms with Crippen LogP contribution in [0.1, 0.15) is 73.8 Å². The van der Waals surface area contributed by atoms with Crippen molar-refractivity contribution in [1.82, 2.24) is 14.8 Å². The summed E-state index contributed by atoms with van der Waals surface area (Å²) in [5, 5.41) is 12.6. The summed E-state index contributed by atoms with van der Waals surface area (Å²) in [6, 6.07) is 11.0. The quantitative estimate of drug-likeness (QED) is 0.211. The minimum absolute atomic E-state index is 0.0461. The van der Waals surface area contributed by atoms with Crippen LogP contribution in [0.4, 0.5) is 4.79 Å². The van der Waals surface area contributed by atoms with E-state index in [4.69, 9.17) is 33.1 Å². The molecule has 0 aliphatic carbocycles. The van der Waals surface area contributed by atoms with Crippen LogP contribution in [0.25, 0.3) is 22.2 Å². The maximum atomic E-state index is 13.9. The van der Waals surface area contributed by atoms with Gasteiger partial charge in [-0.25, -0.2) is 9.59 Å². The summed E-state index contributed by atoms with van der Waals surface area (Å²) in [7, 11) is 3.88. The fraction of sp³-hybridized carbons (Fsp3) is 0.574. The molecule has 7 rings (SSSR count). The van der Waals surface area contributed by atoms with Crippen LogP contribution in [-0.4, -0.2) is 125 Å². The lowest BCUT2D eigenvalue weighted by Crippen LogP contribution is -2.59. The number of hydrogen-bond acceptors (Lipinski definition) is 12. The van der Waals surface area contributed by atoms with Crippen molar-refractivity contribution in [2.45, 2.75) is 122 Å². The van der Waals surface area contributed by atoms with Gasteiger partial charge in [-0.2, -0.15) is 0 Å². The molecule has 1 aromatic carbocycles. The van der Waals surface area contributed by atoms with E-state index in [2.05, 4.69) is 30.7 Å². The number of carbonyl (C=O) groups is 2. The van der Waals surface area contributed by atoms with E-state index in [1.54, 1.807) is 31.2 Å². The molecule has 60 heavy (non-hydrogen) atoms. The molecule has 4 aliphatic rings. The zero-order chi connectivity index (χ0) is 43.1. The third kappa shape index (κ3) is 8.63. The molecular formula is C47H60N4O9. The van der Waals surface area contributed by atoms with Gasteiger partial charge in [0.15, 0.2) is 11.9 Å². The highest BCUT2D eigenvalue weighted by atomic mass is 16.7. The number of likely N-dealkylation sites (N-methyl/N-ethyl adjacent to an activating group) is 1. The summed E-state index contributed by atoms with van der Waals surface area (Å²) in [5.74, 6) is 5.89. The minimum Gasteiger partial charge on any atom is -0.464 e. The van der Waals surface area contributed by atoms with Crippen LogP contribution in [0.3, 0.4) is 0 Å². The number of rotatable bonds is 6. The third-order valence-electron chi connectivity index (χ3n) is 13.0. The lowest BCUT2D eigenvalue weighted by molar-refractivity contribution is -0.295. The summed E-state index contributed by atoms with van der Waals surface area (Å²) in [6.45, 7) is 16.3. The molecule has 12 atom stereocenters. The second kappa shape index (κ2) is 17.4. The monoisotopic (exact) mass is 824 g/mol. The summed E-state index contributed by atoms with van der Waals surface area (Å²) in [5.41, 5.74) is 1.59. The molecule has 1 N–H and O–H groups in total. The number of aromatic nitrogens is 1. The zero-order valence-corrected chi connectivity index (χ0v) is 36.5. The summed E-state index contributed by atoms with van der Waals surface area (Å²) < 4.78 is 38.1. The molecular weight excluding hydrogens is 765 g/mol. The van der Waals surface area contributed by atoms with Gasteiger partial charge in [0.1, 0.15) is 24.6 Å². The number of carbonyl (C=O) groups excluding carboxylic acids is 2. The number of aliphatic hydroxyl groups is 1. The van der Waals surface area contributed by atoms with Crippen LogP contribution >= 0.6 is 0 Å². The molecule has 1 amide bonds. The molecule has 4 aliphatic heterocycles. The van der Waals surface area contributed by atoms with Crippen molar-refractivity contribution < 1.29 is 42.8 Å². The van der Waals surface area contributed by atoms with Crippen LogP contribution < -0.4 is 0 Å². The van der Waals surface area contributed by atoms with E-state index in [1.165, 1.54) is 0 Å². The van der Waals surface area contributed by atoms with Gasteiger partial charge in [-0.15, -0.1) is 0 Å². The SMILES string of the molecule is C/C1=C\[C@H](C)[C@@H](O[C@H]2O[C@@H](C)C[C@@H](N(C)C)C2O)[C@@](C)(OCC#Cc2ccc3ncc(-c4ccco4)cc3c2)C[C@@H](C)C2=NCCN3C(=O)O[C@](C)([C@@H](C)OC1=O)[C@H]3[C@H]2C. The van der Waals surface area contributed by atoms with Crippen molar-refractivity contribution in [3.63, 3.8) is 0 Å². The first-order valence-electron chi connectivity index (χ1n) is 21.1. The predicted octanol–water partition coefficient (Wildman–Crippen LogP) is 6.66. The molecule has 0 saturated carbocycles. The van der Waals surface area contributed by atoms with E-state index in [9.17, 15) is 14.7 Å². The lowest BCUT2D eigenvalue weighted by Gasteiger charge is -2.47. The number of benzene rings is 1. The Hall–Kier alpha value is -4.58. The number of aliphatic imine (C=N–C) groups is 1. The number of cyclic esters (lactones) is 1. The van der Waals surface area contributed by atoms with Crippen LogP contribution in [0.2, 0.25) is 0 Å². The average Bonchev–Trinajstić information content (AvgIpc) is 3.78. The van der Waals surface area contributed by atoms with Crippen molar-refractivity contribution in [3.05, 3.63) is 66.1 Å². The van der Waals surface area contributed by atoms with Gasteiger partial charge in [0.25, 0.3) is 0 Å². The Morgan fingerprint density at radius 1 is 1.08 bits per heavy atom. The maximum absolute atomic E-state index is 13.9. The van der Waals surface area contributed by atoms with Gasteiger partial charge in [-0.3, -0.25) is 14.9 Å². The highest BCUT2D eigenvalue weighted by Crippen LogP contribution is 2.43. The van der Waals surface area contributed by atoms with E-state index in [0.29, 0.717) is 31.5 Å². The molecule has 0 spiro atoms. The Labute approximate surface area is 353 Å². The first kappa shape index (κ1) is 43.5. The predicted molar refractivity (Wildman–Crippen MR) is 227 cm³/mol. The first-order valence-corrected chi connectivity index (χ1v) is 21.1. The number of amides is 1. The molecule has 13 heteroatoms. The van der Waals surface area contributed by atoms with E-state index in [1.807, 2.05) is 89.2 Å². The number of ether oxygens (including phenoxy) is 5. The van der Waals surface area contributed by atoms with Gasteiger partial charge in [-0.1, -0.05) is 38.7 Å². The van der Waals surface area contributed by atoms with Crippen LogP contribution in [0.15, 0.2) is 69.9 Å². The Morgan fingerprint density at radius 2 is 1.87 bits per heavy atom. The summed E-state index contributed by atoms with van der Waals surface area (Å²) in [6.07, 6.45) is 2.26. The molecule has 2 saturated heterocycles. The molecule has 2 fully saturated rings. The van der Waals surface area contributed by atoms with Gasteiger partial charge >= 0.3 is 12.1 Å². The molecule has 322 valence electrons. The van der Waals surface area contributed by atoms with Gasteiger partial charge in [-0.05, 0) is 104 Å². The van der Waals surface area contributed by atoms with Crippen molar-refractivity contribution >= 4 is 28.7 Å². The minimum atomic E-state index is -1.12. The maximum Gasteiger partial charge on any atom is 0.410 e. The third-order valence-corrected chi connectivity index (χ3v) is 13.0. The second-order valence-corrected chi connectivity index (χ2v) is 17.8. The van der Waals surface area contributed by atoms with E-state index >= 15 is 0 Å².